The predicted molar refractivity (Wildman–Crippen MR) is 68.1 cm³/mol. The Morgan fingerprint density at radius 3 is 2.62 bits per heavy atom. The van der Waals surface area contributed by atoms with Gasteiger partial charge in [0.05, 0.1) is 6.10 Å². The van der Waals surface area contributed by atoms with Gasteiger partial charge in [0.25, 0.3) is 0 Å². The molecule has 0 radical (unpaired) electrons. The lowest BCUT2D eigenvalue weighted by molar-refractivity contribution is 0.166. The van der Waals surface area contributed by atoms with Gasteiger partial charge in [-0.1, -0.05) is 56.2 Å². The van der Waals surface area contributed by atoms with Crippen LogP contribution in [0.3, 0.4) is 0 Å². The summed E-state index contributed by atoms with van der Waals surface area (Å²) in [6.45, 7) is 2.17. The molecule has 0 saturated carbocycles. The monoisotopic (exact) mass is 216 g/mol. The normalized spacial score (nSPS) is 11.6. The van der Waals surface area contributed by atoms with Gasteiger partial charge in [0, 0.05) is 12.0 Å². The Bertz CT molecular complexity index is 331. The second kappa shape index (κ2) is 7.96. The van der Waals surface area contributed by atoms with E-state index in [2.05, 4.69) is 18.8 Å². The largest absolute Gasteiger partial charge is 0.392 e. The number of hydrogen-bond donors (Lipinski definition) is 1. The summed E-state index contributed by atoms with van der Waals surface area (Å²) in [4.78, 5) is 0. The van der Waals surface area contributed by atoms with Crippen LogP contribution in [0.15, 0.2) is 30.3 Å². The molecule has 0 saturated heterocycles. The van der Waals surface area contributed by atoms with Gasteiger partial charge in [0.15, 0.2) is 0 Å². The lowest BCUT2D eigenvalue weighted by Crippen LogP contribution is -2.04. The van der Waals surface area contributed by atoms with Crippen molar-refractivity contribution >= 4 is 0 Å². The molecule has 1 N–H and O–H groups in total. The molecular weight excluding hydrogens is 196 g/mol. The molecule has 0 aromatic heterocycles. The molecule has 1 atom stereocenters. The van der Waals surface area contributed by atoms with E-state index in [1.807, 2.05) is 30.3 Å². The second-order valence-corrected chi connectivity index (χ2v) is 4.02. The molecule has 1 rings (SSSR count). The van der Waals surface area contributed by atoms with Gasteiger partial charge in [-0.05, 0) is 18.6 Å². The van der Waals surface area contributed by atoms with Gasteiger partial charge in [-0.25, -0.2) is 0 Å². The van der Waals surface area contributed by atoms with Gasteiger partial charge in [0.1, 0.15) is 0 Å². The summed E-state index contributed by atoms with van der Waals surface area (Å²) < 4.78 is 0. The van der Waals surface area contributed by atoms with Gasteiger partial charge in [-0.2, -0.15) is 0 Å². The number of aliphatic hydroxyl groups is 1. The molecular formula is C15H20O. The molecule has 1 nitrogen and oxygen atoms in total. The maximum Gasteiger partial charge on any atom is 0.0649 e. The zero-order valence-electron chi connectivity index (χ0n) is 9.95. The molecule has 0 spiro atoms. The summed E-state index contributed by atoms with van der Waals surface area (Å²) in [5.74, 6) is 6.08. The third-order valence-electron chi connectivity index (χ3n) is 2.49. The highest BCUT2D eigenvalue weighted by atomic mass is 16.3. The second-order valence-electron chi connectivity index (χ2n) is 4.02. The summed E-state index contributed by atoms with van der Waals surface area (Å²) >= 11 is 0. The maximum absolute atomic E-state index is 9.65. The van der Waals surface area contributed by atoms with E-state index in [1.54, 1.807) is 0 Å². The highest BCUT2D eigenvalue weighted by Crippen LogP contribution is 2.05. The number of unbranched alkanes of at least 4 members (excludes halogenated alkanes) is 2. The molecule has 0 amide bonds. The summed E-state index contributed by atoms with van der Waals surface area (Å²) in [7, 11) is 0. The highest BCUT2D eigenvalue weighted by Gasteiger charge is 2.00. The van der Waals surface area contributed by atoms with E-state index in [0.29, 0.717) is 6.42 Å². The number of benzene rings is 1. The van der Waals surface area contributed by atoms with Crippen molar-refractivity contribution in [1.29, 1.82) is 0 Å². The van der Waals surface area contributed by atoms with Gasteiger partial charge in [-0.3, -0.25) is 0 Å². The Morgan fingerprint density at radius 2 is 1.94 bits per heavy atom. The average molecular weight is 216 g/mol. The third-order valence-corrected chi connectivity index (χ3v) is 2.49. The van der Waals surface area contributed by atoms with Crippen LogP contribution in [-0.4, -0.2) is 11.2 Å². The number of rotatable bonds is 5. The van der Waals surface area contributed by atoms with Crippen molar-refractivity contribution in [3.8, 4) is 11.8 Å². The topological polar surface area (TPSA) is 20.2 Å². The van der Waals surface area contributed by atoms with E-state index in [-0.39, 0.29) is 6.10 Å². The maximum atomic E-state index is 9.65. The predicted octanol–water partition coefficient (Wildman–Crippen LogP) is 3.37. The van der Waals surface area contributed by atoms with Gasteiger partial charge >= 0.3 is 0 Å². The summed E-state index contributed by atoms with van der Waals surface area (Å²) in [5.41, 5.74) is 1.02. The van der Waals surface area contributed by atoms with E-state index in [4.69, 9.17) is 0 Å². The Kier molecular flexibility index (Phi) is 6.37. The highest BCUT2D eigenvalue weighted by molar-refractivity contribution is 5.33. The molecule has 0 fully saturated rings. The molecule has 0 bridgehead atoms. The smallest absolute Gasteiger partial charge is 0.0649 e. The zero-order chi connectivity index (χ0) is 11.6. The standard InChI is InChI=1S/C15H20O/c1-2-3-5-12-15(16)13-8-11-14-9-6-4-7-10-14/h4,6-7,9-10,15-16H,2-3,5,12-13H2,1H3. The van der Waals surface area contributed by atoms with Crippen molar-refractivity contribution in [3.05, 3.63) is 35.9 Å². The Hall–Kier alpha value is -1.26. The lowest BCUT2D eigenvalue weighted by Gasteiger charge is -2.04. The molecule has 1 unspecified atom stereocenters. The molecule has 0 aliphatic carbocycles. The van der Waals surface area contributed by atoms with Crippen LogP contribution in [0.2, 0.25) is 0 Å². The van der Waals surface area contributed by atoms with Crippen LogP contribution in [0, 0.1) is 11.8 Å². The Morgan fingerprint density at radius 1 is 1.19 bits per heavy atom. The quantitative estimate of drug-likeness (QED) is 0.591. The molecule has 0 aliphatic rings. The Balaban J connectivity index is 2.26. The molecule has 1 aromatic rings. The first-order chi connectivity index (χ1) is 7.83. The molecule has 0 aliphatic heterocycles. The van der Waals surface area contributed by atoms with Gasteiger partial charge in [0.2, 0.25) is 0 Å². The van der Waals surface area contributed by atoms with E-state index in [1.165, 1.54) is 12.8 Å². The number of hydrogen-bond acceptors (Lipinski definition) is 1. The molecule has 1 aromatic carbocycles. The minimum atomic E-state index is -0.261. The lowest BCUT2D eigenvalue weighted by atomic mass is 10.1. The van der Waals surface area contributed by atoms with E-state index < -0.39 is 0 Å². The summed E-state index contributed by atoms with van der Waals surface area (Å²) in [5, 5.41) is 9.65. The van der Waals surface area contributed by atoms with E-state index >= 15 is 0 Å². The minimum Gasteiger partial charge on any atom is -0.392 e. The molecule has 0 heterocycles. The molecule has 1 heteroatoms. The summed E-state index contributed by atoms with van der Waals surface area (Å²) in [6, 6.07) is 9.89. The van der Waals surface area contributed by atoms with Crippen LogP contribution < -0.4 is 0 Å². The van der Waals surface area contributed by atoms with Crippen LogP contribution in [0.1, 0.15) is 44.6 Å². The molecule has 86 valence electrons. The van der Waals surface area contributed by atoms with Crippen LogP contribution in [0.25, 0.3) is 0 Å². The SMILES string of the molecule is CCCCCC(O)CC#Cc1ccccc1. The van der Waals surface area contributed by atoms with E-state index in [9.17, 15) is 5.11 Å². The van der Waals surface area contributed by atoms with Gasteiger partial charge < -0.3 is 5.11 Å². The van der Waals surface area contributed by atoms with Crippen molar-refractivity contribution in [1.82, 2.24) is 0 Å². The minimum absolute atomic E-state index is 0.261. The van der Waals surface area contributed by atoms with Crippen molar-refractivity contribution in [2.24, 2.45) is 0 Å². The van der Waals surface area contributed by atoms with Crippen LogP contribution in [0.5, 0.6) is 0 Å². The van der Waals surface area contributed by atoms with Crippen LogP contribution in [-0.2, 0) is 0 Å². The fraction of sp³-hybridized carbons (Fsp3) is 0.467. The molecule has 16 heavy (non-hydrogen) atoms. The van der Waals surface area contributed by atoms with Gasteiger partial charge in [-0.15, -0.1) is 0 Å². The first-order valence-corrected chi connectivity index (χ1v) is 6.05. The van der Waals surface area contributed by atoms with Crippen molar-refractivity contribution in [3.63, 3.8) is 0 Å². The summed E-state index contributed by atoms with van der Waals surface area (Å²) in [6.07, 6.45) is 4.69. The average Bonchev–Trinajstić information content (AvgIpc) is 2.31. The van der Waals surface area contributed by atoms with Crippen LogP contribution >= 0.6 is 0 Å². The van der Waals surface area contributed by atoms with Crippen molar-refractivity contribution < 1.29 is 5.11 Å². The number of aliphatic hydroxyl groups excluding tert-OH is 1. The Labute approximate surface area is 98.5 Å². The van der Waals surface area contributed by atoms with Crippen molar-refractivity contribution in [2.45, 2.75) is 45.1 Å². The zero-order valence-corrected chi connectivity index (χ0v) is 9.95. The first-order valence-electron chi connectivity index (χ1n) is 6.05. The fourth-order valence-corrected chi connectivity index (χ4v) is 1.52. The first kappa shape index (κ1) is 12.8. The van der Waals surface area contributed by atoms with Crippen LogP contribution in [0.4, 0.5) is 0 Å². The van der Waals surface area contributed by atoms with Crippen molar-refractivity contribution in [2.75, 3.05) is 0 Å². The fourth-order valence-electron chi connectivity index (χ4n) is 1.52. The third kappa shape index (κ3) is 5.58. The van der Waals surface area contributed by atoms with E-state index in [0.717, 1.165) is 18.4 Å².